The standard InChI is InChI=1S/C19H17N3O2S/c1-2-25-19-21-17-16(18(24)22-19)14(10-15(23)20-17)13-9-5-7-11-6-3-4-8-12(11)13/h3-9,14H,2,10H2,1H3,(H2,20,21,22,23,24). The molecule has 0 fully saturated rings. The summed E-state index contributed by atoms with van der Waals surface area (Å²) in [6.07, 6.45) is 0.242. The highest BCUT2D eigenvalue weighted by molar-refractivity contribution is 7.99. The van der Waals surface area contributed by atoms with Gasteiger partial charge in [-0.25, -0.2) is 4.98 Å². The maximum atomic E-state index is 12.7. The Labute approximate surface area is 148 Å². The van der Waals surface area contributed by atoms with Gasteiger partial charge in [0.2, 0.25) is 5.91 Å². The van der Waals surface area contributed by atoms with Crippen LogP contribution in [-0.4, -0.2) is 21.6 Å². The zero-order valence-corrected chi connectivity index (χ0v) is 14.5. The van der Waals surface area contributed by atoms with Crippen molar-refractivity contribution in [3.63, 3.8) is 0 Å². The van der Waals surface area contributed by atoms with Crippen molar-refractivity contribution in [1.29, 1.82) is 0 Å². The largest absolute Gasteiger partial charge is 0.310 e. The highest BCUT2D eigenvalue weighted by Gasteiger charge is 2.31. The van der Waals surface area contributed by atoms with E-state index in [9.17, 15) is 9.59 Å². The van der Waals surface area contributed by atoms with Crippen molar-refractivity contribution in [2.45, 2.75) is 24.4 Å². The van der Waals surface area contributed by atoms with Gasteiger partial charge in [0.1, 0.15) is 5.82 Å². The Kier molecular flexibility index (Phi) is 4.05. The number of carbonyl (C=O) groups excluding carboxylic acids is 1. The first-order chi connectivity index (χ1) is 12.2. The predicted molar refractivity (Wildman–Crippen MR) is 100 cm³/mol. The Bertz CT molecular complexity index is 1020. The Morgan fingerprint density at radius 3 is 2.80 bits per heavy atom. The number of amides is 1. The van der Waals surface area contributed by atoms with Crippen LogP contribution in [0, 0.1) is 0 Å². The summed E-state index contributed by atoms with van der Waals surface area (Å²) >= 11 is 1.45. The number of nitrogens with zero attached hydrogens (tertiary/aromatic N) is 1. The minimum absolute atomic E-state index is 0.115. The second-order valence-corrected chi connectivity index (χ2v) is 7.19. The van der Waals surface area contributed by atoms with E-state index < -0.39 is 0 Å². The molecule has 1 aliphatic rings. The molecule has 3 aromatic rings. The average Bonchev–Trinajstić information content (AvgIpc) is 2.60. The summed E-state index contributed by atoms with van der Waals surface area (Å²) in [5.74, 6) is 0.763. The molecule has 4 rings (SSSR count). The molecule has 2 N–H and O–H groups in total. The second kappa shape index (κ2) is 6.37. The number of fused-ring (bicyclic) bond motifs is 2. The van der Waals surface area contributed by atoms with Crippen LogP contribution in [0.3, 0.4) is 0 Å². The van der Waals surface area contributed by atoms with Gasteiger partial charge in [-0.2, -0.15) is 0 Å². The van der Waals surface area contributed by atoms with Gasteiger partial charge in [0, 0.05) is 12.3 Å². The number of hydrogen-bond acceptors (Lipinski definition) is 4. The number of nitrogens with one attached hydrogen (secondary N) is 2. The molecule has 2 aromatic carbocycles. The lowest BCUT2D eigenvalue weighted by atomic mass is 9.84. The first-order valence-electron chi connectivity index (χ1n) is 8.22. The van der Waals surface area contributed by atoms with Gasteiger partial charge in [-0.15, -0.1) is 0 Å². The molecule has 0 spiro atoms. The maximum absolute atomic E-state index is 12.7. The molecule has 126 valence electrons. The van der Waals surface area contributed by atoms with E-state index in [1.165, 1.54) is 11.8 Å². The van der Waals surface area contributed by atoms with Crippen LogP contribution in [0.1, 0.15) is 30.4 Å². The SMILES string of the molecule is CCSc1nc2c(c(=O)[nH]1)C(c1cccc3ccccc13)CC(=O)N2. The van der Waals surface area contributed by atoms with Gasteiger partial charge < -0.3 is 10.3 Å². The zero-order chi connectivity index (χ0) is 17.4. The summed E-state index contributed by atoms with van der Waals surface area (Å²) in [5, 5.41) is 5.45. The lowest BCUT2D eigenvalue weighted by Crippen LogP contribution is -2.31. The third kappa shape index (κ3) is 2.82. The van der Waals surface area contributed by atoms with Gasteiger partial charge in [0.25, 0.3) is 5.56 Å². The monoisotopic (exact) mass is 351 g/mol. The third-order valence-electron chi connectivity index (χ3n) is 4.41. The van der Waals surface area contributed by atoms with E-state index in [2.05, 4.69) is 15.3 Å². The number of hydrogen-bond donors (Lipinski definition) is 2. The lowest BCUT2D eigenvalue weighted by Gasteiger charge is -2.25. The Hall–Kier alpha value is -2.60. The van der Waals surface area contributed by atoms with Crippen molar-refractivity contribution in [2.24, 2.45) is 0 Å². The van der Waals surface area contributed by atoms with E-state index in [0.717, 1.165) is 22.1 Å². The molecule has 1 unspecified atom stereocenters. The van der Waals surface area contributed by atoms with Crippen LogP contribution < -0.4 is 10.9 Å². The van der Waals surface area contributed by atoms with Crippen LogP contribution >= 0.6 is 11.8 Å². The molecule has 1 atom stereocenters. The van der Waals surface area contributed by atoms with Crippen molar-refractivity contribution < 1.29 is 4.79 Å². The quantitative estimate of drug-likeness (QED) is 0.559. The molecule has 25 heavy (non-hydrogen) atoms. The van der Waals surface area contributed by atoms with E-state index in [4.69, 9.17) is 0 Å². The van der Waals surface area contributed by atoms with Gasteiger partial charge in [-0.3, -0.25) is 9.59 Å². The van der Waals surface area contributed by atoms with Crippen LogP contribution in [0.5, 0.6) is 0 Å². The lowest BCUT2D eigenvalue weighted by molar-refractivity contribution is -0.116. The summed E-state index contributed by atoms with van der Waals surface area (Å²) in [6, 6.07) is 14.0. The number of aromatic amines is 1. The molecule has 1 aliphatic heterocycles. The van der Waals surface area contributed by atoms with Gasteiger partial charge in [0.15, 0.2) is 5.16 Å². The number of benzene rings is 2. The summed E-state index contributed by atoms with van der Waals surface area (Å²) in [7, 11) is 0. The number of aromatic nitrogens is 2. The molecule has 2 heterocycles. The van der Waals surface area contributed by atoms with Crippen molar-refractivity contribution in [3.05, 3.63) is 63.9 Å². The van der Waals surface area contributed by atoms with Gasteiger partial charge in [0.05, 0.1) is 5.56 Å². The van der Waals surface area contributed by atoms with Crippen LogP contribution in [0.2, 0.25) is 0 Å². The fourth-order valence-corrected chi connectivity index (χ4v) is 3.97. The van der Waals surface area contributed by atoms with Gasteiger partial charge in [-0.1, -0.05) is 61.2 Å². The average molecular weight is 351 g/mol. The van der Waals surface area contributed by atoms with E-state index in [1.807, 2.05) is 49.4 Å². The third-order valence-corrected chi connectivity index (χ3v) is 5.16. The van der Waals surface area contributed by atoms with Crippen LogP contribution in [0.25, 0.3) is 10.8 Å². The number of H-pyrrole nitrogens is 1. The topological polar surface area (TPSA) is 74.8 Å². The Morgan fingerprint density at radius 1 is 1.16 bits per heavy atom. The molecule has 1 aromatic heterocycles. The Morgan fingerprint density at radius 2 is 1.96 bits per heavy atom. The number of thioether (sulfide) groups is 1. The molecular weight excluding hydrogens is 334 g/mol. The first-order valence-corrected chi connectivity index (χ1v) is 9.20. The van der Waals surface area contributed by atoms with Crippen molar-refractivity contribution in [2.75, 3.05) is 11.1 Å². The summed E-state index contributed by atoms with van der Waals surface area (Å²) in [5.41, 5.74) is 1.34. The van der Waals surface area contributed by atoms with Crippen molar-refractivity contribution >= 4 is 34.3 Å². The minimum Gasteiger partial charge on any atom is -0.310 e. The maximum Gasteiger partial charge on any atom is 0.257 e. The highest BCUT2D eigenvalue weighted by atomic mass is 32.2. The molecular formula is C19H17N3O2S. The molecule has 0 aliphatic carbocycles. The second-order valence-electron chi connectivity index (χ2n) is 5.94. The molecule has 0 radical (unpaired) electrons. The van der Waals surface area contributed by atoms with E-state index >= 15 is 0 Å². The molecule has 0 saturated heterocycles. The minimum atomic E-state index is -0.299. The zero-order valence-electron chi connectivity index (χ0n) is 13.7. The van der Waals surface area contributed by atoms with Crippen molar-refractivity contribution in [3.8, 4) is 0 Å². The summed E-state index contributed by atoms with van der Waals surface area (Å²) < 4.78 is 0. The van der Waals surface area contributed by atoms with Crippen LogP contribution in [0.15, 0.2) is 52.4 Å². The van der Waals surface area contributed by atoms with Gasteiger partial charge >= 0.3 is 0 Å². The summed E-state index contributed by atoms with van der Waals surface area (Å²) in [4.78, 5) is 32.3. The highest BCUT2D eigenvalue weighted by Crippen LogP contribution is 2.37. The smallest absolute Gasteiger partial charge is 0.257 e. The van der Waals surface area contributed by atoms with Crippen LogP contribution in [-0.2, 0) is 4.79 Å². The van der Waals surface area contributed by atoms with E-state index in [-0.39, 0.29) is 23.8 Å². The Balaban J connectivity index is 1.93. The summed E-state index contributed by atoms with van der Waals surface area (Å²) in [6.45, 7) is 1.99. The fourth-order valence-electron chi connectivity index (χ4n) is 3.38. The fraction of sp³-hybridized carbons (Fsp3) is 0.211. The van der Waals surface area contributed by atoms with E-state index in [0.29, 0.717) is 16.5 Å². The molecule has 6 heteroatoms. The molecule has 0 saturated carbocycles. The number of anilines is 1. The van der Waals surface area contributed by atoms with Crippen LogP contribution in [0.4, 0.5) is 5.82 Å². The molecule has 5 nitrogen and oxygen atoms in total. The number of carbonyl (C=O) groups is 1. The molecule has 1 amide bonds. The molecule has 0 bridgehead atoms. The van der Waals surface area contributed by atoms with Crippen molar-refractivity contribution in [1.82, 2.24) is 9.97 Å². The first kappa shape index (κ1) is 15.9. The normalized spacial score (nSPS) is 16.5. The van der Waals surface area contributed by atoms with Gasteiger partial charge in [-0.05, 0) is 22.1 Å². The predicted octanol–water partition coefficient (Wildman–Crippen LogP) is 3.51. The number of rotatable bonds is 3. The van der Waals surface area contributed by atoms with E-state index in [1.54, 1.807) is 0 Å².